The number of para-hydroxylation sites is 2. The number of H-pyrrole nitrogens is 1. The summed E-state index contributed by atoms with van der Waals surface area (Å²) in [4.78, 5) is 19.3. The Labute approximate surface area is 125 Å². The molecule has 5 nitrogen and oxygen atoms in total. The first-order valence-corrected chi connectivity index (χ1v) is 7.60. The van der Waals surface area contributed by atoms with Crippen molar-refractivity contribution in [2.45, 2.75) is 33.1 Å². The highest BCUT2D eigenvalue weighted by atomic mass is 16.2. The fourth-order valence-corrected chi connectivity index (χ4v) is 2.12. The number of aromatic nitrogens is 2. The van der Waals surface area contributed by atoms with Crippen LogP contribution in [-0.4, -0.2) is 29.1 Å². The molecule has 5 heteroatoms. The summed E-state index contributed by atoms with van der Waals surface area (Å²) in [5.74, 6) is 1.58. The molecule has 0 aliphatic rings. The quantitative estimate of drug-likeness (QED) is 0.686. The highest BCUT2D eigenvalue weighted by molar-refractivity contribution is 5.74. The third-order valence-corrected chi connectivity index (χ3v) is 3.32. The van der Waals surface area contributed by atoms with Crippen LogP contribution in [0.4, 0.5) is 4.79 Å². The molecule has 2 rings (SSSR count). The number of fused-ring (bicyclic) bond motifs is 1. The molecule has 0 saturated heterocycles. The fourth-order valence-electron chi connectivity index (χ4n) is 2.12. The van der Waals surface area contributed by atoms with Crippen molar-refractivity contribution < 1.29 is 4.79 Å². The number of imidazole rings is 1. The number of aromatic amines is 1. The van der Waals surface area contributed by atoms with Gasteiger partial charge in [0, 0.05) is 19.5 Å². The second-order valence-electron chi connectivity index (χ2n) is 5.67. The lowest BCUT2D eigenvalue weighted by Crippen LogP contribution is -2.37. The normalized spacial score (nSPS) is 11.0. The molecule has 0 aliphatic heterocycles. The van der Waals surface area contributed by atoms with Gasteiger partial charge in [0.2, 0.25) is 0 Å². The zero-order valence-corrected chi connectivity index (χ0v) is 12.8. The van der Waals surface area contributed by atoms with Gasteiger partial charge in [0.25, 0.3) is 0 Å². The minimum Gasteiger partial charge on any atom is -0.342 e. The third-order valence-electron chi connectivity index (χ3n) is 3.32. The Morgan fingerprint density at radius 1 is 1.24 bits per heavy atom. The van der Waals surface area contributed by atoms with Gasteiger partial charge in [0.1, 0.15) is 5.82 Å². The summed E-state index contributed by atoms with van der Waals surface area (Å²) in [5.41, 5.74) is 2.05. The van der Waals surface area contributed by atoms with Crippen LogP contribution in [0.5, 0.6) is 0 Å². The van der Waals surface area contributed by atoms with Crippen molar-refractivity contribution in [2.24, 2.45) is 5.92 Å². The number of rotatable bonds is 7. The second kappa shape index (κ2) is 7.67. The van der Waals surface area contributed by atoms with E-state index in [9.17, 15) is 4.79 Å². The van der Waals surface area contributed by atoms with Crippen LogP contribution < -0.4 is 10.6 Å². The van der Waals surface area contributed by atoms with Gasteiger partial charge in [-0.3, -0.25) is 0 Å². The highest BCUT2D eigenvalue weighted by Crippen LogP contribution is 2.10. The Morgan fingerprint density at radius 3 is 2.76 bits per heavy atom. The van der Waals surface area contributed by atoms with Gasteiger partial charge >= 0.3 is 6.03 Å². The summed E-state index contributed by atoms with van der Waals surface area (Å²) in [7, 11) is 0. The molecule has 3 N–H and O–H groups in total. The molecule has 1 heterocycles. The Kier molecular flexibility index (Phi) is 5.60. The van der Waals surface area contributed by atoms with Crippen molar-refractivity contribution in [3.05, 3.63) is 30.1 Å². The van der Waals surface area contributed by atoms with Crippen LogP contribution in [0.15, 0.2) is 24.3 Å². The predicted molar refractivity (Wildman–Crippen MR) is 85.3 cm³/mol. The standard InChI is InChI=1S/C16H24N4O/c1-12(2)9-11-18-16(21)17-10-5-8-15-19-13-6-3-4-7-14(13)20-15/h3-4,6-7,12H,5,8-11H2,1-2H3,(H,19,20)(H2,17,18,21). The van der Waals surface area contributed by atoms with Crippen molar-refractivity contribution in [3.8, 4) is 0 Å². The second-order valence-corrected chi connectivity index (χ2v) is 5.67. The monoisotopic (exact) mass is 288 g/mol. The largest absolute Gasteiger partial charge is 0.342 e. The van der Waals surface area contributed by atoms with Crippen LogP contribution >= 0.6 is 0 Å². The van der Waals surface area contributed by atoms with Crippen LogP contribution in [0.2, 0.25) is 0 Å². The molecular formula is C16H24N4O. The van der Waals surface area contributed by atoms with Crippen molar-refractivity contribution >= 4 is 17.1 Å². The van der Waals surface area contributed by atoms with Gasteiger partial charge in [-0.1, -0.05) is 26.0 Å². The van der Waals surface area contributed by atoms with E-state index in [2.05, 4.69) is 34.4 Å². The molecular weight excluding hydrogens is 264 g/mol. The predicted octanol–water partition coefficient (Wildman–Crippen LogP) is 2.84. The average molecular weight is 288 g/mol. The number of aryl methyl sites for hydroxylation is 1. The van der Waals surface area contributed by atoms with Crippen LogP contribution in [-0.2, 0) is 6.42 Å². The number of carbonyl (C=O) groups is 1. The summed E-state index contributed by atoms with van der Waals surface area (Å²) in [6.07, 6.45) is 2.71. The zero-order chi connectivity index (χ0) is 15.1. The lowest BCUT2D eigenvalue weighted by atomic mass is 10.1. The number of nitrogens with zero attached hydrogens (tertiary/aromatic N) is 1. The van der Waals surface area contributed by atoms with Crippen LogP contribution in [0.3, 0.4) is 0 Å². The van der Waals surface area contributed by atoms with E-state index in [-0.39, 0.29) is 6.03 Å². The van der Waals surface area contributed by atoms with Gasteiger partial charge in [-0.2, -0.15) is 0 Å². The summed E-state index contributed by atoms with van der Waals surface area (Å²) >= 11 is 0. The molecule has 2 amide bonds. The molecule has 114 valence electrons. The van der Waals surface area contributed by atoms with Crippen molar-refractivity contribution in [3.63, 3.8) is 0 Å². The minimum atomic E-state index is -0.0831. The maximum Gasteiger partial charge on any atom is 0.314 e. The van der Waals surface area contributed by atoms with Crippen LogP contribution in [0, 0.1) is 5.92 Å². The molecule has 1 aromatic carbocycles. The molecule has 0 fully saturated rings. The van der Waals surface area contributed by atoms with E-state index in [1.807, 2.05) is 24.3 Å². The number of benzene rings is 1. The molecule has 0 radical (unpaired) electrons. The smallest absolute Gasteiger partial charge is 0.314 e. The molecule has 1 aromatic heterocycles. The van der Waals surface area contributed by atoms with Crippen LogP contribution in [0.1, 0.15) is 32.5 Å². The Balaban J connectivity index is 1.64. The lowest BCUT2D eigenvalue weighted by molar-refractivity contribution is 0.240. The lowest BCUT2D eigenvalue weighted by Gasteiger charge is -2.08. The number of hydrogen-bond donors (Lipinski definition) is 3. The first kappa shape index (κ1) is 15.4. The maximum atomic E-state index is 11.5. The SMILES string of the molecule is CC(C)CCNC(=O)NCCCc1nc2ccccc2[nH]1. The van der Waals surface area contributed by atoms with E-state index in [1.165, 1.54) is 0 Å². The van der Waals surface area contributed by atoms with Crippen molar-refractivity contribution in [1.29, 1.82) is 0 Å². The number of nitrogens with one attached hydrogen (secondary N) is 3. The van der Waals surface area contributed by atoms with Gasteiger partial charge in [0.05, 0.1) is 11.0 Å². The highest BCUT2D eigenvalue weighted by Gasteiger charge is 2.03. The minimum absolute atomic E-state index is 0.0831. The fraction of sp³-hybridized carbons (Fsp3) is 0.500. The molecule has 0 saturated carbocycles. The topological polar surface area (TPSA) is 69.8 Å². The Bertz CT molecular complexity index is 543. The first-order chi connectivity index (χ1) is 10.1. The van der Waals surface area contributed by atoms with Crippen molar-refractivity contribution in [1.82, 2.24) is 20.6 Å². The summed E-state index contributed by atoms with van der Waals surface area (Å²) in [6.45, 7) is 5.68. The molecule has 0 atom stereocenters. The number of carbonyl (C=O) groups excluding carboxylic acids is 1. The molecule has 21 heavy (non-hydrogen) atoms. The van der Waals surface area contributed by atoms with Gasteiger partial charge in [0.15, 0.2) is 0 Å². The average Bonchev–Trinajstić information content (AvgIpc) is 2.86. The molecule has 0 bridgehead atoms. The van der Waals surface area contributed by atoms with E-state index >= 15 is 0 Å². The number of hydrogen-bond acceptors (Lipinski definition) is 2. The van der Waals surface area contributed by atoms with E-state index in [1.54, 1.807) is 0 Å². The van der Waals surface area contributed by atoms with E-state index < -0.39 is 0 Å². The Hall–Kier alpha value is -2.04. The Morgan fingerprint density at radius 2 is 2.00 bits per heavy atom. The van der Waals surface area contributed by atoms with Gasteiger partial charge in [-0.25, -0.2) is 9.78 Å². The summed E-state index contributed by atoms with van der Waals surface area (Å²) in [5, 5.41) is 5.73. The molecule has 0 aliphatic carbocycles. The number of amides is 2. The summed E-state index contributed by atoms with van der Waals surface area (Å²) in [6, 6.07) is 7.91. The maximum absolute atomic E-state index is 11.5. The van der Waals surface area contributed by atoms with Gasteiger partial charge in [-0.15, -0.1) is 0 Å². The molecule has 2 aromatic rings. The molecule has 0 spiro atoms. The van der Waals surface area contributed by atoms with Crippen LogP contribution in [0.25, 0.3) is 11.0 Å². The van der Waals surface area contributed by atoms with Gasteiger partial charge in [-0.05, 0) is 30.9 Å². The molecule has 0 unspecified atom stereocenters. The van der Waals surface area contributed by atoms with Gasteiger partial charge < -0.3 is 15.6 Å². The zero-order valence-electron chi connectivity index (χ0n) is 12.8. The van der Waals surface area contributed by atoms with Crippen molar-refractivity contribution in [2.75, 3.05) is 13.1 Å². The first-order valence-electron chi connectivity index (χ1n) is 7.60. The summed E-state index contributed by atoms with van der Waals surface area (Å²) < 4.78 is 0. The number of urea groups is 1. The van der Waals surface area contributed by atoms with E-state index in [0.29, 0.717) is 12.5 Å². The third kappa shape index (κ3) is 5.10. The van der Waals surface area contributed by atoms with E-state index in [0.717, 1.165) is 42.7 Å². The van der Waals surface area contributed by atoms with E-state index in [4.69, 9.17) is 0 Å².